The predicted molar refractivity (Wildman–Crippen MR) is 70.5 cm³/mol. The fraction of sp³-hybridized carbons (Fsp3) is 0.154. The Morgan fingerprint density at radius 1 is 1.30 bits per heavy atom. The van der Waals surface area contributed by atoms with Crippen molar-refractivity contribution in [3.8, 4) is 0 Å². The van der Waals surface area contributed by atoms with Crippen LogP contribution in [0.4, 0.5) is 5.69 Å². The van der Waals surface area contributed by atoms with Crippen molar-refractivity contribution in [1.82, 2.24) is 4.90 Å². The van der Waals surface area contributed by atoms with Crippen LogP contribution in [-0.2, 0) is 9.59 Å². The lowest BCUT2D eigenvalue weighted by atomic mass is 10.1. The van der Waals surface area contributed by atoms with E-state index in [0.717, 1.165) is 11.0 Å². The van der Waals surface area contributed by atoms with Crippen molar-refractivity contribution in [3.63, 3.8) is 0 Å². The average molecular weight is 275 g/mol. The standard InChI is InChI=1S/C13H13N3O4/c14-12(19)8-3-1-2-4-9(8)15-10-7-11(18)16(5-6-17)13(10)20/h1-4,7,15,17H,5-6H2,(H2,14,19). The van der Waals surface area contributed by atoms with Gasteiger partial charge in [-0.2, -0.15) is 0 Å². The molecular formula is C13H13N3O4. The normalized spacial score (nSPS) is 14.4. The van der Waals surface area contributed by atoms with Gasteiger partial charge in [0, 0.05) is 6.08 Å². The molecule has 0 spiro atoms. The number of carbonyl (C=O) groups is 3. The number of hydrogen-bond acceptors (Lipinski definition) is 5. The Bertz CT molecular complexity index is 609. The predicted octanol–water partition coefficient (Wildman–Crippen LogP) is -0.558. The molecule has 1 heterocycles. The number of hydrogen-bond donors (Lipinski definition) is 3. The van der Waals surface area contributed by atoms with Gasteiger partial charge in [0.15, 0.2) is 0 Å². The molecule has 0 aromatic heterocycles. The van der Waals surface area contributed by atoms with Crippen LogP contribution in [0.5, 0.6) is 0 Å². The van der Waals surface area contributed by atoms with E-state index in [4.69, 9.17) is 10.8 Å². The molecule has 1 aliphatic rings. The molecule has 0 bridgehead atoms. The van der Waals surface area contributed by atoms with Gasteiger partial charge in [0.2, 0.25) is 0 Å². The Hall–Kier alpha value is -2.67. The zero-order chi connectivity index (χ0) is 14.7. The molecule has 3 amide bonds. The Kier molecular flexibility index (Phi) is 3.81. The molecule has 0 fully saturated rings. The van der Waals surface area contributed by atoms with Gasteiger partial charge in [-0.1, -0.05) is 12.1 Å². The average Bonchev–Trinajstić information content (AvgIpc) is 2.67. The second kappa shape index (κ2) is 5.54. The summed E-state index contributed by atoms with van der Waals surface area (Å²) in [7, 11) is 0. The maximum Gasteiger partial charge on any atom is 0.277 e. The highest BCUT2D eigenvalue weighted by Gasteiger charge is 2.30. The monoisotopic (exact) mass is 275 g/mol. The van der Waals surface area contributed by atoms with Crippen molar-refractivity contribution in [2.75, 3.05) is 18.5 Å². The molecule has 4 N–H and O–H groups in total. The SMILES string of the molecule is NC(=O)c1ccccc1NC1=CC(=O)N(CCO)C1=O. The van der Waals surface area contributed by atoms with Gasteiger partial charge >= 0.3 is 0 Å². The lowest BCUT2D eigenvalue weighted by molar-refractivity contribution is -0.137. The largest absolute Gasteiger partial charge is 0.395 e. The molecule has 0 atom stereocenters. The molecule has 7 nitrogen and oxygen atoms in total. The van der Waals surface area contributed by atoms with Crippen LogP contribution in [0.2, 0.25) is 0 Å². The highest BCUT2D eigenvalue weighted by atomic mass is 16.3. The van der Waals surface area contributed by atoms with E-state index >= 15 is 0 Å². The quantitative estimate of drug-likeness (QED) is 0.624. The van der Waals surface area contributed by atoms with Crippen molar-refractivity contribution in [3.05, 3.63) is 41.6 Å². The Labute approximate surface area is 114 Å². The topological polar surface area (TPSA) is 113 Å². The number of nitrogens with one attached hydrogen (secondary N) is 1. The first-order valence-electron chi connectivity index (χ1n) is 5.89. The second-order valence-corrected chi connectivity index (χ2v) is 4.11. The number of benzene rings is 1. The van der Waals surface area contributed by atoms with Crippen molar-refractivity contribution in [1.29, 1.82) is 0 Å². The number of aliphatic hydroxyl groups is 1. The summed E-state index contributed by atoms with van der Waals surface area (Å²) in [5, 5.41) is 11.5. The molecule has 0 aliphatic carbocycles. The number of rotatable bonds is 5. The van der Waals surface area contributed by atoms with E-state index in [2.05, 4.69) is 5.32 Å². The zero-order valence-electron chi connectivity index (χ0n) is 10.5. The zero-order valence-corrected chi connectivity index (χ0v) is 10.5. The van der Waals surface area contributed by atoms with Crippen molar-refractivity contribution in [2.24, 2.45) is 5.73 Å². The van der Waals surface area contributed by atoms with E-state index in [1.807, 2.05) is 0 Å². The van der Waals surface area contributed by atoms with Crippen LogP contribution >= 0.6 is 0 Å². The van der Waals surface area contributed by atoms with Gasteiger partial charge in [-0.15, -0.1) is 0 Å². The van der Waals surface area contributed by atoms with Crippen LogP contribution in [0.25, 0.3) is 0 Å². The van der Waals surface area contributed by atoms with Gasteiger partial charge < -0.3 is 16.2 Å². The summed E-state index contributed by atoms with van der Waals surface area (Å²) in [4.78, 5) is 35.7. The molecule has 2 rings (SSSR count). The van der Waals surface area contributed by atoms with Crippen LogP contribution in [0.1, 0.15) is 10.4 Å². The van der Waals surface area contributed by atoms with Gasteiger partial charge in [0.05, 0.1) is 24.4 Å². The molecule has 0 saturated carbocycles. The second-order valence-electron chi connectivity index (χ2n) is 4.11. The molecule has 0 unspecified atom stereocenters. The van der Waals surface area contributed by atoms with Crippen LogP contribution in [-0.4, -0.2) is 40.9 Å². The van der Waals surface area contributed by atoms with E-state index in [1.165, 1.54) is 6.07 Å². The molecule has 7 heteroatoms. The molecule has 20 heavy (non-hydrogen) atoms. The fourth-order valence-electron chi connectivity index (χ4n) is 1.86. The minimum Gasteiger partial charge on any atom is -0.395 e. The Balaban J connectivity index is 2.24. The molecule has 0 radical (unpaired) electrons. The van der Waals surface area contributed by atoms with E-state index < -0.39 is 17.7 Å². The third kappa shape index (κ3) is 2.52. The molecule has 1 aromatic carbocycles. The van der Waals surface area contributed by atoms with E-state index in [0.29, 0.717) is 5.69 Å². The summed E-state index contributed by atoms with van der Waals surface area (Å²) in [6.07, 6.45) is 1.12. The number of β-amino-alcohol motifs (C(OH)–C–C–N with tert-alkyl or cyclic N) is 1. The highest BCUT2D eigenvalue weighted by Crippen LogP contribution is 2.20. The summed E-state index contributed by atoms with van der Waals surface area (Å²) in [5.41, 5.74) is 5.83. The van der Waals surface area contributed by atoms with Gasteiger partial charge in [-0.05, 0) is 12.1 Å². The number of anilines is 1. The van der Waals surface area contributed by atoms with Crippen LogP contribution in [0, 0.1) is 0 Å². The molecule has 1 aromatic rings. The van der Waals surface area contributed by atoms with E-state index in [1.54, 1.807) is 18.2 Å². The third-order valence-corrected chi connectivity index (χ3v) is 2.79. The number of para-hydroxylation sites is 1. The number of amides is 3. The van der Waals surface area contributed by atoms with Gasteiger partial charge in [-0.3, -0.25) is 19.3 Å². The molecule has 0 saturated heterocycles. The van der Waals surface area contributed by atoms with Crippen molar-refractivity contribution < 1.29 is 19.5 Å². The van der Waals surface area contributed by atoms with E-state index in [-0.39, 0.29) is 24.4 Å². The summed E-state index contributed by atoms with van der Waals surface area (Å²) < 4.78 is 0. The minimum absolute atomic E-state index is 0.0390. The Morgan fingerprint density at radius 2 is 2.00 bits per heavy atom. The lowest BCUT2D eigenvalue weighted by Crippen LogP contribution is -2.34. The number of imide groups is 1. The first kappa shape index (κ1) is 13.8. The lowest BCUT2D eigenvalue weighted by Gasteiger charge is -2.14. The van der Waals surface area contributed by atoms with Gasteiger partial charge in [-0.25, -0.2) is 0 Å². The summed E-state index contributed by atoms with van der Waals surface area (Å²) >= 11 is 0. The van der Waals surface area contributed by atoms with Crippen molar-refractivity contribution in [2.45, 2.75) is 0 Å². The Morgan fingerprint density at radius 3 is 2.65 bits per heavy atom. The number of carbonyl (C=O) groups excluding carboxylic acids is 3. The van der Waals surface area contributed by atoms with Crippen LogP contribution in [0.3, 0.4) is 0 Å². The minimum atomic E-state index is -0.641. The number of aliphatic hydroxyl groups excluding tert-OH is 1. The number of primary amides is 1. The van der Waals surface area contributed by atoms with Crippen molar-refractivity contribution >= 4 is 23.4 Å². The number of nitrogens with zero attached hydrogens (tertiary/aromatic N) is 1. The fourth-order valence-corrected chi connectivity index (χ4v) is 1.86. The summed E-state index contributed by atoms with van der Waals surface area (Å²) in [6, 6.07) is 6.40. The van der Waals surface area contributed by atoms with Crippen LogP contribution in [0.15, 0.2) is 36.0 Å². The van der Waals surface area contributed by atoms with E-state index in [9.17, 15) is 14.4 Å². The maximum atomic E-state index is 11.9. The highest BCUT2D eigenvalue weighted by molar-refractivity contribution is 6.17. The first-order valence-corrected chi connectivity index (χ1v) is 5.89. The molecule has 1 aliphatic heterocycles. The maximum absolute atomic E-state index is 11.9. The summed E-state index contributed by atoms with van der Waals surface area (Å²) in [5.74, 6) is -1.70. The molecular weight excluding hydrogens is 262 g/mol. The molecule has 104 valence electrons. The van der Waals surface area contributed by atoms with Gasteiger partial charge in [0.1, 0.15) is 5.70 Å². The van der Waals surface area contributed by atoms with Gasteiger partial charge in [0.25, 0.3) is 17.7 Å². The summed E-state index contributed by atoms with van der Waals surface area (Å²) in [6.45, 7) is -0.382. The number of nitrogens with two attached hydrogens (primary N) is 1. The van der Waals surface area contributed by atoms with Crippen LogP contribution < -0.4 is 11.1 Å². The smallest absolute Gasteiger partial charge is 0.277 e. The first-order chi connectivity index (χ1) is 9.54. The third-order valence-electron chi connectivity index (χ3n) is 2.79.